The van der Waals surface area contributed by atoms with Crippen molar-refractivity contribution in [2.75, 3.05) is 0 Å². The molecule has 0 radical (unpaired) electrons. The second-order valence-electron chi connectivity index (χ2n) is 8.93. The summed E-state index contributed by atoms with van der Waals surface area (Å²) in [7, 11) is 0. The van der Waals surface area contributed by atoms with Crippen LogP contribution in [0, 0.1) is 0 Å². The molecule has 7 nitrogen and oxygen atoms in total. The van der Waals surface area contributed by atoms with E-state index in [1.165, 1.54) is 0 Å². The average molecular weight is 466 g/mol. The molecule has 174 valence electrons. The third-order valence-electron chi connectivity index (χ3n) is 6.98. The first-order chi connectivity index (χ1) is 17.0. The third-order valence-corrected chi connectivity index (χ3v) is 6.98. The summed E-state index contributed by atoms with van der Waals surface area (Å²) in [6.07, 6.45) is 1.97. The van der Waals surface area contributed by atoms with Crippen LogP contribution in [0.5, 0.6) is 0 Å². The highest BCUT2D eigenvalue weighted by Crippen LogP contribution is 2.39. The average Bonchev–Trinajstić information content (AvgIpc) is 3.25. The van der Waals surface area contributed by atoms with Crippen molar-refractivity contribution >= 4 is 23.1 Å². The first-order valence-electron chi connectivity index (χ1n) is 11.6. The van der Waals surface area contributed by atoms with E-state index in [4.69, 9.17) is 14.7 Å². The van der Waals surface area contributed by atoms with Gasteiger partial charge in [-0.3, -0.25) is 9.79 Å². The molecule has 0 aliphatic carbocycles. The fourth-order valence-corrected chi connectivity index (χ4v) is 5.03. The topological polar surface area (TPSA) is 93.8 Å². The zero-order valence-corrected chi connectivity index (χ0v) is 19.2. The van der Waals surface area contributed by atoms with E-state index in [-0.39, 0.29) is 18.6 Å². The Kier molecular flexibility index (Phi) is 4.89. The van der Waals surface area contributed by atoms with Crippen LogP contribution in [0.15, 0.2) is 70.5 Å². The van der Waals surface area contributed by atoms with Crippen LogP contribution in [0.25, 0.3) is 22.3 Å². The number of aliphatic imine (C=N–C) groups is 1. The molecule has 0 spiro atoms. The monoisotopic (exact) mass is 465 g/mol. The Morgan fingerprint density at radius 2 is 1.89 bits per heavy atom. The second kappa shape index (κ2) is 7.99. The number of aliphatic hydroxyl groups is 1. The molecule has 7 heteroatoms. The van der Waals surface area contributed by atoms with Crippen molar-refractivity contribution in [3.8, 4) is 11.4 Å². The van der Waals surface area contributed by atoms with Gasteiger partial charge in [0.05, 0.1) is 35.6 Å². The molecular formula is C28H23N3O4. The highest BCUT2D eigenvalue weighted by atomic mass is 16.6. The van der Waals surface area contributed by atoms with E-state index in [1.807, 2.05) is 60.8 Å². The number of para-hydroxylation sites is 1. The summed E-state index contributed by atoms with van der Waals surface area (Å²) in [5.41, 5.74) is 3.48. The largest absolute Gasteiger partial charge is 0.458 e. The van der Waals surface area contributed by atoms with Gasteiger partial charge in [-0.15, -0.1) is 0 Å². The Labute approximate surface area is 201 Å². The Bertz CT molecular complexity index is 1590. The minimum atomic E-state index is -1.85. The minimum absolute atomic E-state index is 0.108. The van der Waals surface area contributed by atoms with Crippen LogP contribution in [-0.4, -0.2) is 26.8 Å². The zero-order valence-electron chi connectivity index (χ0n) is 19.2. The van der Waals surface area contributed by atoms with Crippen molar-refractivity contribution < 1.29 is 14.6 Å². The summed E-state index contributed by atoms with van der Waals surface area (Å²) in [6.45, 7) is 2.42. The molecule has 0 saturated carbocycles. The molecule has 6 rings (SSSR count). The van der Waals surface area contributed by atoms with Gasteiger partial charge >= 0.3 is 5.97 Å². The van der Waals surface area contributed by atoms with Gasteiger partial charge in [-0.1, -0.05) is 55.5 Å². The summed E-state index contributed by atoms with van der Waals surface area (Å²) in [5.74, 6) is -0.727. The fourth-order valence-electron chi connectivity index (χ4n) is 5.03. The summed E-state index contributed by atoms with van der Waals surface area (Å²) >= 11 is 0. The lowest BCUT2D eigenvalue weighted by Crippen LogP contribution is -2.44. The molecule has 2 aliphatic heterocycles. The van der Waals surface area contributed by atoms with Gasteiger partial charge in [-0.2, -0.15) is 0 Å². The lowest BCUT2D eigenvalue weighted by atomic mass is 9.86. The van der Waals surface area contributed by atoms with E-state index in [1.54, 1.807) is 17.6 Å². The molecule has 2 aromatic carbocycles. The molecule has 4 aromatic rings. The standard InChI is InChI=1S/C28H23N3O4/c1-2-28(34)22-12-24-25-20(15-31(24)26(32)21(22)16-35-27(28)33)19(18-10-6-7-11-23(18)30-25)14-29-13-17-8-4-3-5-9-17/h3-12,14,34H,2,13,15-16H2,1H3/t28-/m0/s1. The number of hydrogen-bond acceptors (Lipinski definition) is 6. The lowest BCUT2D eigenvalue weighted by molar-refractivity contribution is -0.172. The zero-order chi connectivity index (χ0) is 24.2. The number of nitrogens with zero attached hydrogens (tertiary/aromatic N) is 3. The van der Waals surface area contributed by atoms with Crippen LogP contribution in [0.2, 0.25) is 0 Å². The Morgan fingerprint density at radius 1 is 1.11 bits per heavy atom. The lowest BCUT2D eigenvalue weighted by Gasteiger charge is -2.31. The van der Waals surface area contributed by atoms with Crippen molar-refractivity contribution in [1.82, 2.24) is 9.55 Å². The quantitative estimate of drug-likeness (QED) is 0.323. The number of carbonyl (C=O) groups is 1. The molecule has 0 fully saturated rings. The maximum atomic E-state index is 13.5. The molecule has 2 aromatic heterocycles. The van der Waals surface area contributed by atoms with Gasteiger partial charge in [0, 0.05) is 28.3 Å². The number of pyridine rings is 2. The maximum absolute atomic E-state index is 13.5. The number of fused-ring (bicyclic) bond motifs is 5. The van der Waals surface area contributed by atoms with Gasteiger partial charge < -0.3 is 14.4 Å². The Morgan fingerprint density at radius 3 is 2.69 bits per heavy atom. The first kappa shape index (κ1) is 21.4. The van der Waals surface area contributed by atoms with Crippen LogP contribution in [0.4, 0.5) is 0 Å². The Balaban J connectivity index is 1.54. The minimum Gasteiger partial charge on any atom is -0.458 e. The predicted molar refractivity (Wildman–Crippen MR) is 132 cm³/mol. The van der Waals surface area contributed by atoms with E-state index >= 15 is 0 Å². The highest BCUT2D eigenvalue weighted by Gasteiger charge is 2.45. The van der Waals surface area contributed by atoms with Crippen molar-refractivity contribution in [1.29, 1.82) is 0 Å². The van der Waals surface area contributed by atoms with Crippen LogP contribution in [0.1, 0.15) is 41.2 Å². The number of aromatic nitrogens is 2. The van der Waals surface area contributed by atoms with E-state index in [0.717, 1.165) is 27.6 Å². The molecular weight excluding hydrogens is 442 g/mol. The molecule has 0 amide bonds. The van der Waals surface area contributed by atoms with Crippen molar-refractivity contribution in [2.24, 2.45) is 4.99 Å². The SMILES string of the molecule is CC[C@@]1(O)C(=O)OCc2c1cc1n(c2=O)Cc2c-1nc1ccccc1c2C=NCc1ccccc1. The van der Waals surface area contributed by atoms with Crippen molar-refractivity contribution in [2.45, 2.75) is 38.6 Å². The highest BCUT2D eigenvalue weighted by molar-refractivity contribution is 6.02. The van der Waals surface area contributed by atoms with Crippen LogP contribution in [-0.2, 0) is 34.8 Å². The fraction of sp³-hybridized carbons (Fsp3) is 0.214. The van der Waals surface area contributed by atoms with Gasteiger partial charge in [-0.25, -0.2) is 9.78 Å². The molecule has 2 aliphatic rings. The number of ether oxygens (including phenoxy) is 1. The van der Waals surface area contributed by atoms with Crippen LogP contribution < -0.4 is 5.56 Å². The number of cyclic esters (lactones) is 1. The van der Waals surface area contributed by atoms with Crippen LogP contribution >= 0.6 is 0 Å². The second-order valence-corrected chi connectivity index (χ2v) is 8.93. The van der Waals surface area contributed by atoms with Crippen LogP contribution in [0.3, 0.4) is 0 Å². The number of esters is 1. The first-order valence-corrected chi connectivity index (χ1v) is 11.6. The number of benzene rings is 2. The summed E-state index contributed by atoms with van der Waals surface area (Å²) in [6, 6.07) is 19.6. The van der Waals surface area contributed by atoms with Gasteiger partial charge in [0.2, 0.25) is 0 Å². The molecule has 0 saturated heterocycles. The summed E-state index contributed by atoms with van der Waals surface area (Å²) in [4.78, 5) is 35.5. The number of carbonyl (C=O) groups excluding carboxylic acids is 1. The van der Waals surface area contributed by atoms with Gasteiger partial charge in [0.1, 0.15) is 6.61 Å². The number of hydrogen-bond donors (Lipinski definition) is 1. The van der Waals surface area contributed by atoms with Crippen molar-refractivity contribution in [3.63, 3.8) is 0 Å². The van der Waals surface area contributed by atoms with E-state index in [2.05, 4.69) is 0 Å². The summed E-state index contributed by atoms with van der Waals surface area (Å²) < 4.78 is 6.82. The maximum Gasteiger partial charge on any atom is 0.343 e. The normalized spacial score (nSPS) is 18.4. The summed E-state index contributed by atoms with van der Waals surface area (Å²) in [5, 5.41) is 12.0. The van der Waals surface area contributed by atoms with Gasteiger partial charge in [-0.05, 0) is 24.1 Å². The third kappa shape index (κ3) is 3.23. The predicted octanol–water partition coefficient (Wildman–Crippen LogP) is 3.70. The number of rotatable bonds is 4. The smallest absolute Gasteiger partial charge is 0.343 e. The van der Waals surface area contributed by atoms with E-state index < -0.39 is 11.6 Å². The molecule has 0 unspecified atom stereocenters. The van der Waals surface area contributed by atoms with Gasteiger partial charge in [0.15, 0.2) is 5.60 Å². The van der Waals surface area contributed by atoms with Gasteiger partial charge in [0.25, 0.3) is 5.56 Å². The van der Waals surface area contributed by atoms with Crippen molar-refractivity contribution in [3.05, 3.63) is 98.8 Å². The van der Waals surface area contributed by atoms with E-state index in [9.17, 15) is 14.7 Å². The van der Waals surface area contributed by atoms with E-state index in [0.29, 0.717) is 35.6 Å². The molecule has 0 bridgehead atoms. The Hall–Kier alpha value is -4.10. The molecule has 35 heavy (non-hydrogen) atoms. The molecule has 4 heterocycles. The molecule has 1 atom stereocenters. The molecule has 1 N–H and O–H groups in total.